The molecule has 0 bridgehead atoms. The van der Waals surface area contributed by atoms with Crippen LogP contribution in [-0.2, 0) is 0 Å². The first-order valence-electron chi connectivity index (χ1n) is 5.31. The van der Waals surface area contributed by atoms with Crippen molar-refractivity contribution in [3.63, 3.8) is 0 Å². The van der Waals surface area contributed by atoms with E-state index in [1.807, 2.05) is 6.08 Å². The molecule has 0 aromatic carbocycles. The molecule has 0 unspecified atom stereocenters. The highest BCUT2D eigenvalue weighted by molar-refractivity contribution is 5.48. The van der Waals surface area contributed by atoms with Crippen molar-refractivity contribution in [3.05, 3.63) is 35.9 Å². The smallest absolute Gasteiger partial charge is 0.148 e. The highest BCUT2D eigenvalue weighted by Gasteiger charge is 1.94. The van der Waals surface area contributed by atoms with E-state index in [0.717, 1.165) is 25.9 Å². The molecule has 0 aliphatic heterocycles. The van der Waals surface area contributed by atoms with E-state index in [-0.39, 0.29) is 5.82 Å². The molecule has 2 nitrogen and oxygen atoms in total. The van der Waals surface area contributed by atoms with E-state index in [2.05, 4.69) is 17.2 Å². The summed E-state index contributed by atoms with van der Waals surface area (Å²) in [5.74, 6) is -0.268. The van der Waals surface area contributed by atoms with Crippen molar-refractivity contribution in [2.45, 2.75) is 19.8 Å². The van der Waals surface area contributed by atoms with Gasteiger partial charge in [-0.1, -0.05) is 19.1 Å². The second-order valence-electron chi connectivity index (χ2n) is 3.34. The molecule has 0 atom stereocenters. The quantitative estimate of drug-likeness (QED) is 0.727. The molecule has 0 saturated heterocycles. The van der Waals surface area contributed by atoms with Gasteiger partial charge in [0.15, 0.2) is 0 Å². The van der Waals surface area contributed by atoms with Gasteiger partial charge in [-0.3, -0.25) is 4.98 Å². The fourth-order valence-corrected chi connectivity index (χ4v) is 1.22. The lowest BCUT2D eigenvalue weighted by Gasteiger charge is -1.98. The molecule has 1 heterocycles. The molecule has 0 fully saturated rings. The average Bonchev–Trinajstić information content (AvgIpc) is 2.25. The Hall–Kier alpha value is -1.22. The van der Waals surface area contributed by atoms with Gasteiger partial charge >= 0.3 is 0 Å². The zero-order chi connectivity index (χ0) is 10.9. The Balaban J connectivity index is 2.29. The predicted octanol–water partition coefficient (Wildman–Crippen LogP) is 2.62. The van der Waals surface area contributed by atoms with E-state index in [1.54, 1.807) is 18.3 Å². The summed E-state index contributed by atoms with van der Waals surface area (Å²) in [4.78, 5) is 3.69. The molecule has 82 valence electrons. The molecule has 0 spiro atoms. The maximum atomic E-state index is 13.1. The fourth-order valence-electron chi connectivity index (χ4n) is 1.22. The molecular formula is C12H17FN2. The van der Waals surface area contributed by atoms with Gasteiger partial charge in [0, 0.05) is 11.8 Å². The number of aromatic nitrogens is 1. The van der Waals surface area contributed by atoms with Gasteiger partial charge in [-0.05, 0) is 32.0 Å². The molecule has 0 aliphatic rings. The highest BCUT2D eigenvalue weighted by Crippen LogP contribution is 2.06. The highest BCUT2D eigenvalue weighted by atomic mass is 19.1. The van der Waals surface area contributed by atoms with Crippen molar-refractivity contribution < 1.29 is 4.39 Å². The van der Waals surface area contributed by atoms with Crippen molar-refractivity contribution in [2.24, 2.45) is 0 Å². The summed E-state index contributed by atoms with van der Waals surface area (Å²) in [6, 6.07) is 1.67. The van der Waals surface area contributed by atoms with Crippen LogP contribution < -0.4 is 5.32 Å². The first-order valence-corrected chi connectivity index (χ1v) is 5.31. The summed E-state index contributed by atoms with van der Waals surface area (Å²) in [7, 11) is 0. The van der Waals surface area contributed by atoms with Gasteiger partial charge in [0.1, 0.15) is 5.82 Å². The molecule has 1 aromatic heterocycles. The maximum absolute atomic E-state index is 13.1. The van der Waals surface area contributed by atoms with Gasteiger partial charge in [-0.2, -0.15) is 0 Å². The average molecular weight is 208 g/mol. The van der Waals surface area contributed by atoms with E-state index in [1.165, 1.54) is 6.20 Å². The topological polar surface area (TPSA) is 24.9 Å². The van der Waals surface area contributed by atoms with Crippen LogP contribution in [0.5, 0.6) is 0 Å². The molecule has 0 saturated carbocycles. The monoisotopic (exact) mass is 208 g/mol. The Morgan fingerprint density at radius 1 is 1.47 bits per heavy atom. The van der Waals surface area contributed by atoms with E-state index in [9.17, 15) is 4.39 Å². The van der Waals surface area contributed by atoms with E-state index < -0.39 is 0 Å². The Morgan fingerprint density at radius 3 is 3.07 bits per heavy atom. The van der Waals surface area contributed by atoms with Crippen LogP contribution in [-0.4, -0.2) is 18.1 Å². The zero-order valence-corrected chi connectivity index (χ0v) is 9.04. The van der Waals surface area contributed by atoms with Gasteiger partial charge in [0.25, 0.3) is 0 Å². The Kier molecular flexibility index (Phi) is 5.63. The summed E-state index contributed by atoms with van der Waals surface area (Å²) in [6.07, 6.45) is 8.66. The minimum absolute atomic E-state index is 0.268. The lowest BCUT2D eigenvalue weighted by molar-refractivity contribution is 0.618. The van der Waals surface area contributed by atoms with Gasteiger partial charge in [-0.15, -0.1) is 0 Å². The summed E-state index contributed by atoms with van der Waals surface area (Å²) in [5.41, 5.74) is 0.598. The third-order valence-corrected chi connectivity index (χ3v) is 2.02. The van der Waals surface area contributed by atoms with Crippen LogP contribution in [0.15, 0.2) is 24.5 Å². The number of halogens is 1. The zero-order valence-electron chi connectivity index (χ0n) is 9.04. The first kappa shape index (κ1) is 11.9. The minimum atomic E-state index is -0.268. The molecule has 0 amide bonds. The second kappa shape index (κ2) is 7.12. The Morgan fingerprint density at radius 2 is 2.33 bits per heavy atom. The number of nitrogens with zero attached hydrogens (tertiary/aromatic N) is 1. The molecule has 3 heteroatoms. The Bertz CT molecular complexity index is 310. The predicted molar refractivity (Wildman–Crippen MR) is 61.0 cm³/mol. The third kappa shape index (κ3) is 4.70. The van der Waals surface area contributed by atoms with E-state index >= 15 is 0 Å². The molecular weight excluding hydrogens is 191 g/mol. The first-order chi connectivity index (χ1) is 7.34. The summed E-state index contributed by atoms with van der Waals surface area (Å²) >= 11 is 0. The van der Waals surface area contributed by atoms with E-state index in [0.29, 0.717) is 5.56 Å². The number of nitrogens with one attached hydrogen (secondary N) is 1. The van der Waals surface area contributed by atoms with Crippen LogP contribution in [0.1, 0.15) is 25.3 Å². The molecule has 0 radical (unpaired) electrons. The van der Waals surface area contributed by atoms with Crippen molar-refractivity contribution in [1.82, 2.24) is 10.3 Å². The Labute approximate surface area is 90.2 Å². The van der Waals surface area contributed by atoms with Crippen molar-refractivity contribution in [2.75, 3.05) is 13.1 Å². The molecule has 0 aliphatic carbocycles. The van der Waals surface area contributed by atoms with Crippen LogP contribution >= 0.6 is 0 Å². The van der Waals surface area contributed by atoms with Crippen LogP contribution in [0.2, 0.25) is 0 Å². The number of hydrogen-bond donors (Lipinski definition) is 1. The van der Waals surface area contributed by atoms with Gasteiger partial charge < -0.3 is 5.32 Å². The lowest BCUT2D eigenvalue weighted by Crippen LogP contribution is -2.14. The largest absolute Gasteiger partial charge is 0.316 e. The second-order valence-corrected chi connectivity index (χ2v) is 3.34. The standard InChI is InChI=1S/C12H17FN2/c1-2-7-14-8-4-3-5-11-6-9-15-10-12(11)13/h3,5-6,9-10,14H,2,4,7-8H2,1H3/b5-3+. The van der Waals surface area contributed by atoms with Gasteiger partial charge in [-0.25, -0.2) is 4.39 Å². The summed E-state index contributed by atoms with van der Waals surface area (Å²) in [5, 5.41) is 3.28. The minimum Gasteiger partial charge on any atom is -0.316 e. The molecule has 1 N–H and O–H groups in total. The third-order valence-electron chi connectivity index (χ3n) is 2.02. The van der Waals surface area contributed by atoms with Crippen molar-refractivity contribution in [3.8, 4) is 0 Å². The number of rotatable bonds is 6. The van der Waals surface area contributed by atoms with E-state index in [4.69, 9.17) is 0 Å². The number of hydrogen-bond acceptors (Lipinski definition) is 2. The molecule has 1 aromatic rings. The normalized spacial score (nSPS) is 11.1. The fraction of sp³-hybridized carbons (Fsp3) is 0.417. The van der Waals surface area contributed by atoms with Crippen LogP contribution in [0.25, 0.3) is 6.08 Å². The van der Waals surface area contributed by atoms with Crippen molar-refractivity contribution in [1.29, 1.82) is 0 Å². The summed E-state index contributed by atoms with van der Waals surface area (Å²) in [6.45, 7) is 4.11. The van der Waals surface area contributed by atoms with Gasteiger partial charge in [0.05, 0.1) is 6.20 Å². The SMILES string of the molecule is CCCNCC/C=C/c1ccncc1F. The van der Waals surface area contributed by atoms with Crippen LogP contribution in [0.3, 0.4) is 0 Å². The maximum Gasteiger partial charge on any atom is 0.148 e. The van der Waals surface area contributed by atoms with Crippen LogP contribution in [0.4, 0.5) is 4.39 Å². The molecule has 1 rings (SSSR count). The lowest BCUT2D eigenvalue weighted by atomic mass is 10.2. The van der Waals surface area contributed by atoms with Crippen LogP contribution in [0, 0.1) is 5.82 Å². The summed E-state index contributed by atoms with van der Waals surface area (Å²) < 4.78 is 13.1. The number of pyridine rings is 1. The molecule has 15 heavy (non-hydrogen) atoms. The van der Waals surface area contributed by atoms with Gasteiger partial charge in [0.2, 0.25) is 0 Å². The van der Waals surface area contributed by atoms with Crippen molar-refractivity contribution >= 4 is 6.08 Å².